The van der Waals surface area contributed by atoms with Gasteiger partial charge in [0, 0.05) is 0 Å². The van der Waals surface area contributed by atoms with Crippen LogP contribution in [0, 0.1) is 12.8 Å². The molecule has 2 atom stereocenters. The number of carbonyl (C=O) groups is 3. The summed E-state index contributed by atoms with van der Waals surface area (Å²) in [5.41, 5.74) is -0.0898. The SMILES string of the molecule is COC(=O)[C@H](CC(C)C)NC(=O)[C@@H](NC(=O)OC(C)(C)C)S(=O)(=O)c1ccc(C)cc1. The molecule has 0 fully saturated rings. The number of rotatable bonds is 8. The lowest BCUT2D eigenvalue weighted by Crippen LogP contribution is -2.55. The van der Waals surface area contributed by atoms with Crippen molar-refractivity contribution in [3.63, 3.8) is 0 Å². The molecule has 174 valence electrons. The smallest absolute Gasteiger partial charge is 0.409 e. The van der Waals surface area contributed by atoms with E-state index in [4.69, 9.17) is 9.47 Å². The predicted octanol–water partition coefficient (Wildman–Crippen LogP) is 2.32. The number of ether oxygens (including phenoxy) is 2. The minimum atomic E-state index is -4.35. The van der Waals surface area contributed by atoms with Crippen molar-refractivity contribution in [2.45, 2.75) is 69.9 Å². The number of nitrogens with one attached hydrogen (secondary N) is 2. The number of hydrogen-bond acceptors (Lipinski definition) is 7. The highest BCUT2D eigenvalue weighted by atomic mass is 32.2. The summed E-state index contributed by atoms with van der Waals surface area (Å²) in [5, 5.41) is 2.51. The Morgan fingerprint density at radius 3 is 2.03 bits per heavy atom. The average Bonchev–Trinajstić information content (AvgIpc) is 2.63. The first-order valence-electron chi connectivity index (χ1n) is 9.85. The first kappa shape index (κ1) is 26.4. The fourth-order valence-electron chi connectivity index (χ4n) is 2.64. The first-order valence-corrected chi connectivity index (χ1v) is 11.4. The van der Waals surface area contributed by atoms with Crippen LogP contribution in [-0.2, 0) is 28.9 Å². The normalized spacial score (nSPS) is 13.8. The molecule has 2 N–H and O–H groups in total. The molecule has 0 heterocycles. The second-order valence-corrected chi connectivity index (χ2v) is 10.6. The van der Waals surface area contributed by atoms with E-state index >= 15 is 0 Å². The second kappa shape index (κ2) is 10.6. The van der Waals surface area contributed by atoms with Crippen LogP contribution in [0.25, 0.3) is 0 Å². The molecule has 31 heavy (non-hydrogen) atoms. The van der Waals surface area contributed by atoms with Crippen LogP contribution in [0.5, 0.6) is 0 Å². The molecule has 0 radical (unpaired) electrons. The van der Waals surface area contributed by atoms with Crippen molar-refractivity contribution in [2.24, 2.45) is 5.92 Å². The molecule has 0 aliphatic rings. The number of alkyl carbamates (subject to hydrolysis) is 1. The minimum Gasteiger partial charge on any atom is -0.467 e. The van der Waals surface area contributed by atoms with E-state index < -0.39 is 44.8 Å². The van der Waals surface area contributed by atoms with Gasteiger partial charge in [-0.05, 0) is 52.2 Å². The summed E-state index contributed by atoms with van der Waals surface area (Å²) < 4.78 is 36.2. The van der Waals surface area contributed by atoms with Crippen molar-refractivity contribution < 1.29 is 32.3 Å². The summed E-state index contributed by atoms with van der Waals surface area (Å²) in [5.74, 6) is -1.77. The number of benzene rings is 1. The molecule has 10 heteroatoms. The number of amides is 2. The number of hydrogen-bond donors (Lipinski definition) is 2. The van der Waals surface area contributed by atoms with E-state index in [0.29, 0.717) is 0 Å². The van der Waals surface area contributed by atoms with Crippen LogP contribution in [0.3, 0.4) is 0 Å². The van der Waals surface area contributed by atoms with Gasteiger partial charge in [-0.25, -0.2) is 18.0 Å². The molecule has 0 saturated heterocycles. The van der Waals surface area contributed by atoms with Crippen molar-refractivity contribution in [2.75, 3.05) is 7.11 Å². The maximum Gasteiger partial charge on any atom is 0.409 e. The number of aryl methyl sites for hydroxylation is 1. The lowest BCUT2D eigenvalue weighted by molar-refractivity contribution is -0.145. The van der Waals surface area contributed by atoms with E-state index in [1.165, 1.54) is 19.2 Å². The summed E-state index contributed by atoms with van der Waals surface area (Å²) in [6.07, 6.45) is -0.857. The van der Waals surface area contributed by atoms with Crippen molar-refractivity contribution >= 4 is 27.8 Å². The summed E-state index contributed by atoms with van der Waals surface area (Å²) >= 11 is 0. The van der Waals surface area contributed by atoms with E-state index in [9.17, 15) is 22.8 Å². The van der Waals surface area contributed by atoms with Crippen molar-refractivity contribution in [3.8, 4) is 0 Å². The van der Waals surface area contributed by atoms with Crippen LogP contribution in [0.4, 0.5) is 4.79 Å². The van der Waals surface area contributed by atoms with Gasteiger partial charge in [-0.1, -0.05) is 31.5 Å². The molecular weight excluding hydrogens is 424 g/mol. The maximum absolute atomic E-state index is 13.2. The Balaban J connectivity index is 3.30. The molecule has 0 aliphatic heterocycles. The molecule has 0 bridgehead atoms. The minimum absolute atomic E-state index is 0.00960. The zero-order valence-electron chi connectivity index (χ0n) is 19.0. The van der Waals surface area contributed by atoms with Gasteiger partial charge in [-0.3, -0.25) is 10.1 Å². The number of carbonyl (C=O) groups excluding carboxylic acids is 3. The molecule has 9 nitrogen and oxygen atoms in total. The van der Waals surface area contributed by atoms with Gasteiger partial charge in [0.25, 0.3) is 5.91 Å². The summed E-state index contributed by atoms with van der Waals surface area (Å²) in [6, 6.07) is 4.76. The molecule has 1 aromatic carbocycles. The molecule has 1 aromatic rings. The quantitative estimate of drug-likeness (QED) is 0.575. The Labute approximate surface area is 183 Å². The van der Waals surface area contributed by atoms with E-state index in [1.54, 1.807) is 39.8 Å². The Bertz CT molecular complexity index is 887. The van der Waals surface area contributed by atoms with E-state index in [1.807, 2.05) is 13.8 Å². The van der Waals surface area contributed by atoms with Gasteiger partial charge in [0.1, 0.15) is 11.6 Å². The molecule has 0 aromatic heterocycles. The van der Waals surface area contributed by atoms with Crippen molar-refractivity contribution in [1.82, 2.24) is 10.6 Å². The topological polar surface area (TPSA) is 128 Å². The van der Waals surface area contributed by atoms with Gasteiger partial charge >= 0.3 is 12.1 Å². The van der Waals surface area contributed by atoms with Crippen LogP contribution in [0.15, 0.2) is 29.2 Å². The molecular formula is C21H32N2O7S. The van der Waals surface area contributed by atoms with Gasteiger partial charge in [0.2, 0.25) is 15.2 Å². The summed E-state index contributed by atoms with van der Waals surface area (Å²) in [7, 11) is -3.18. The Kier molecular flexibility index (Phi) is 9.04. The third-order valence-corrected chi connectivity index (χ3v) is 5.94. The average molecular weight is 457 g/mol. The predicted molar refractivity (Wildman–Crippen MR) is 115 cm³/mol. The highest BCUT2D eigenvalue weighted by Crippen LogP contribution is 2.18. The lowest BCUT2D eigenvalue weighted by atomic mass is 10.0. The summed E-state index contributed by atoms with van der Waals surface area (Å²) in [6.45, 7) is 10.3. The van der Waals surface area contributed by atoms with Gasteiger partial charge < -0.3 is 14.8 Å². The Hall–Kier alpha value is -2.62. The largest absolute Gasteiger partial charge is 0.467 e. The van der Waals surface area contributed by atoms with Crippen LogP contribution in [0.2, 0.25) is 0 Å². The molecule has 1 rings (SSSR count). The molecule has 0 aliphatic carbocycles. The molecule has 2 amide bonds. The highest BCUT2D eigenvalue weighted by Gasteiger charge is 2.38. The fraction of sp³-hybridized carbons (Fsp3) is 0.571. The third kappa shape index (κ3) is 8.20. The monoisotopic (exact) mass is 456 g/mol. The van der Waals surface area contributed by atoms with Crippen molar-refractivity contribution in [3.05, 3.63) is 29.8 Å². The Morgan fingerprint density at radius 1 is 1.03 bits per heavy atom. The molecule has 0 saturated carbocycles. The zero-order valence-corrected chi connectivity index (χ0v) is 19.8. The van der Waals surface area contributed by atoms with Crippen LogP contribution in [0.1, 0.15) is 46.6 Å². The molecule has 0 unspecified atom stereocenters. The van der Waals surface area contributed by atoms with E-state index in [2.05, 4.69) is 10.6 Å². The first-order chi connectivity index (χ1) is 14.2. The fourth-order valence-corrected chi connectivity index (χ4v) is 4.03. The number of methoxy groups -OCH3 is 1. The van der Waals surface area contributed by atoms with Gasteiger partial charge in [0.05, 0.1) is 12.0 Å². The van der Waals surface area contributed by atoms with Crippen LogP contribution < -0.4 is 10.6 Å². The molecule has 0 spiro atoms. The lowest BCUT2D eigenvalue weighted by Gasteiger charge is -2.25. The van der Waals surface area contributed by atoms with Gasteiger partial charge in [-0.15, -0.1) is 0 Å². The van der Waals surface area contributed by atoms with E-state index in [-0.39, 0.29) is 17.2 Å². The van der Waals surface area contributed by atoms with Crippen LogP contribution in [-0.4, -0.2) is 50.5 Å². The Morgan fingerprint density at radius 2 is 1.58 bits per heavy atom. The highest BCUT2D eigenvalue weighted by molar-refractivity contribution is 7.92. The van der Waals surface area contributed by atoms with Crippen LogP contribution >= 0.6 is 0 Å². The second-order valence-electron chi connectivity index (χ2n) is 8.60. The van der Waals surface area contributed by atoms with Crippen molar-refractivity contribution in [1.29, 1.82) is 0 Å². The van der Waals surface area contributed by atoms with Gasteiger partial charge in [-0.2, -0.15) is 0 Å². The number of esters is 1. The van der Waals surface area contributed by atoms with E-state index in [0.717, 1.165) is 5.56 Å². The third-order valence-electron chi connectivity index (χ3n) is 4.06. The zero-order chi connectivity index (χ0) is 24.0. The standard InChI is InChI=1S/C21H32N2O7S/c1-13(2)12-16(19(25)29-7)22-17(24)18(23-20(26)30-21(4,5)6)31(27,28)15-10-8-14(3)9-11-15/h8-11,13,16,18H,12H2,1-7H3,(H,22,24)(H,23,26)/t16-,18-/m0/s1. The van der Waals surface area contributed by atoms with Gasteiger partial charge in [0.15, 0.2) is 0 Å². The number of sulfone groups is 1. The maximum atomic E-state index is 13.2. The summed E-state index contributed by atoms with van der Waals surface area (Å²) in [4.78, 5) is 37.2.